The third-order valence-electron chi connectivity index (χ3n) is 4.73. The number of hydrogen-bond donors (Lipinski definition) is 1. The van der Waals surface area contributed by atoms with E-state index >= 15 is 0 Å². The smallest absolute Gasteiger partial charge is 0.0919 e. The van der Waals surface area contributed by atoms with Crippen LogP contribution in [0.5, 0.6) is 0 Å². The van der Waals surface area contributed by atoms with Crippen LogP contribution in [0.25, 0.3) is 0 Å². The van der Waals surface area contributed by atoms with Gasteiger partial charge in [0.25, 0.3) is 0 Å². The van der Waals surface area contributed by atoms with Gasteiger partial charge in [-0.2, -0.15) is 5.10 Å². The number of aliphatic hydroxyl groups is 1. The summed E-state index contributed by atoms with van der Waals surface area (Å²) in [5, 5.41) is 14.6. The van der Waals surface area contributed by atoms with E-state index in [1.165, 1.54) is 11.3 Å². The maximum atomic E-state index is 9.81. The maximum Gasteiger partial charge on any atom is 0.0919 e. The fourth-order valence-electron chi connectivity index (χ4n) is 3.67. The highest BCUT2D eigenvalue weighted by atomic mass is 16.5. The topological polar surface area (TPSA) is 47.3 Å². The molecule has 1 aromatic rings. The van der Waals surface area contributed by atoms with Gasteiger partial charge in [-0.1, -0.05) is 41.5 Å². The summed E-state index contributed by atoms with van der Waals surface area (Å²) in [5.41, 5.74) is 3.34. The van der Waals surface area contributed by atoms with Gasteiger partial charge in [0.15, 0.2) is 0 Å². The van der Waals surface area contributed by atoms with Crippen molar-refractivity contribution in [2.75, 3.05) is 13.2 Å². The average Bonchev–Trinajstić information content (AvgIpc) is 2.85. The number of aliphatic hydroxyl groups excluding tert-OH is 1. The van der Waals surface area contributed by atoms with Crippen LogP contribution in [-0.4, -0.2) is 28.1 Å². The van der Waals surface area contributed by atoms with E-state index in [1.54, 1.807) is 0 Å². The van der Waals surface area contributed by atoms with Crippen molar-refractivity contribution in [3.05, 3.63) is 17.0 Å². The molecular formula is C19H34N2O2. The Kier molecular flexibility index (Phi) is 5.57. The van der Waals surface area contributed by atoms with Crippen LogP contribution in [0.2, 0.25) is 0 Å². The molecule has 0 radical (unpaired) electrons. The molecule has 4 nitrogen and oxygen atoms in total. The zero-order chi connectivity index (χ0) is 17.3. The summed E-state index contributed by atoms with van der Waals surface area (Å²) >= 11 is 0. The molecule has 2 rings (SSSR count). The lowest BCUT2D eigenvalue weighted by molar-refractivity contribution is 0.0621. The van der Waals surface area contributed by atoms with E-state index in [9.17, 15) is 5.11 Å². The molecule has 0 bridgehead atoms. The number of nitrogens with zero attached hydrogens (tertiary/aromatic N) is 2. The van der Waals surface area contributed by atoms with E-state index in [2.05, 4.69) is 46.2 Å². The molecule has 0 aromatic carbocycles. The van der Waals surface area contributed by atoms with E-state index in [-0.39, 0.29) is 17.4 Å². The van der Waals surface area contributed by atoms with Crippen LogP contribution in [-0.2, 0) is 28.7 Å². The maximum absolute atomic E-state index is 9.81. The summed E-state index contributed by atoms with van der Waals surface area (Å²) in [6.07, 6.45) is 3.46. The SMILES string of the molecule is CC(C)(C)c1c(CO)nn(CCC2CCOCC2)c1C(C)(C)C. The fraction of sp³-hybridized carbons (Fsp3) is 0.842. The van der Waals surface area contributed by atoms with Crippen molar-refractivity contribution in [2.24, 2.45) is 5.92 Å². The Morgan fingerprint density at radius 3 is 2.17 bits per heavy atom. The van der Waals surface area contributed by atoms with Gasteiger partial charge in [-0.3, -0.25) is 4.68 Å². The van der Waals surface area contributed by atoms with E-state index < -0.39 is 0 Å². The minimum Gasteiger partial charge on any atom is -0.390 e. The van der Waals surface area contributed by atoms with Gasteiger partial charge in [-0.05, 0) is 30.6 Å². The van der Waals surface area contributed by atoms with E-state index in [0.29, 0.717) is 0 Å². The Bertz CT molecular complexity index is 515. The van der Waals surface area contributed by atoms with Crippen molar-refractivity contribution in [3.63, 3.8) is 0 Å². The molecule has 23 heavy (non-hydrogen) atoms. The minimum absolute atomic E-state index is 0.0126. The molecule has 1 fully saturated rings. The Morgan fingerprint density at radius 1 is 1.09 bits per heavy atom. The highest BCUT2D eigenvalue weighted by Gasteiger charge is 2.33. The van der Waals surface area contributed by atoms with Gasteiger partial charge >= 0.3 is 0 Å². The monoisotopic (exact) mass is 322 g/mol. The second-order valence-electron chi connectivity index (χ2n) is 8.90. The first-order valence-electron chi connectivity index (χ1n) is 8.94. The summed E-state index contributed by atoms with van der Waals surface area (Å²) in [6.45, 7) is 16.1. The third-order valence-corrected chi connectivity index (χ3v) is 4.73. The fourth-order valence-corrected chi connectivity index (χ4v) is 3.67. The second-order valence-corrected chi connectivity index (χ2v) is 8.90. The molecule has 1 aromatic heterocycles. The van der Waals surface area contributed by atoms with Gasteiger partial charge in [-0.15, -0.1) is 0 Å². The number of aryl methyl sites for hydroxylation is 1. The molecule has 132 valence electrons. The number of ether oxygens (including phenoxy) is 1. The van der Waals surface area contributed by atoms with Crippen LogP contribution in [0, 0.1) is 5.92 Å². The van der Waals surface area contributed by atoms with Gasteiger partial charge in [0.1, 0.15) is 0 Å². The van der Waals surface area contributed by atoms with Crippen LogP contribution in [0.1, 0.15) is 77.8 Å². The molecule has 0 unspecified atom stereocenters. The lowest BCUT2D eigenvalue weighted by Gasteiger charge is -2.29. The van der Waals surface area contributed by atoms with Crippen LogP contribution in [0.15, 0.2) is 0 Å². The van der Waals surface area contributed by atoms with Crippen molar-refractivity contribution in [1.29, 1.82) is 0 Å². The molecule has 2 heterocycles. The Morgan fingerprint density at radius 2 is 1.70 bits per heavy atom. The van der Waals surface area contributed by atoms with Gasteiger partial charge in [0, 0.05) is 36.4 Å². The summed E-state index contributed by atoms with van der Waals surface area (Å²) in [7, 11) is 0. The number of rotatable bonds is 4. The number of aromatic nitrogens is 2. The lowest BCUT2D eigenvalue weighted by atomic mass is 9.78. The Hall–Kier alpha value is -0.870. The first-order chi connectivity index (χ1) is 10.6. The molecule has 1 aliphatic heterocycles. The predicted octanol–water partition coefficient (Wildman–Crippen LogP) is 3.79. The molecule has 0 atom stereocenters. The van der Waals surface area contributed by atoms with Gasteiger partial charge in [-0.25, -0.2) is 0 Å². The molecule has 1 aliphatic rings. The van der Waals surface area contributed by atoms with E-state index in [4.69, 9.17) is 9.84 Å². The van der Waals surface area contributed by atoms with Crippen molar-refractivity contribution in [3.8, 4) is 0 Å². The van der Waals surface area contributed by atoms with Crippen molar-refractivity contribution >= 4 is 0 Å². The van der Waals surface area contributed by atoms with Gasteiger partial charge < -0.3 is 9.84 Å². The standard InChI is InChI=1S/C19H34N2O2/c1-18(2,3)16-15(13-22)20-21(17(16)19(4,5)6)10-7-14-8-11-23-12-9-14/h14,22H,7-13H2,1-6H3. The van der Waals surface area contributed by atoms with Crippen molar-refractivity contribution in [1.82, 2.24) is 9.78 Å². The van der Waals surface area contributed by atoms with Gasteiger partial charge in [0.05, 0.1) is 12.3 Å². The first-order valence-corrected chi connectivity index (χ1v) is 8.94. The van der Waals surface area contributed by atoms with E-state index in [1.807, 2.05) is 0 Å². The highest BCUT2D eigenvalue weighted by Crippen LogP contribution is 2.36. The molecule has 0 saturated carbocycles. The zero-order valence-corrected chi connectivity index (χ0v) is 15.8. The second kappa shape index (κ2) is 6.94. The normalized spacial score (nSPS) is 17.7. The minimum atomic E-state index is -0.0163. The Balaban J connectivity index is 2.32. The van der Waals surface area contributed by atoms with Crippen LogP contribution >= 0.6 is 0 Å². The van der Waals surface area contributed by atoms with Gasteiger partial charge in [0.2, 0.25) is 0 Å². The zero-order valence-electron chi connectivity index (χ0n) is 15.8. The molecule has 0 aliphatic carbocycles. The van der Waals surface area contributed by atoms with Crippen LogP contribution < -0.4 is 0 Å². The molecular weight excluding hydrogens is 288 g/mol. The largest absolute Gasteiger partial charge is 0.390 e. The Labute approximate surface area is 141 Å². The summed E-state index contributed by atoms with van der Waals surface area (Å²) < 4.78 is 7.63. The van der Waals surface area contributed by atoms with Crippen LogP contribution in [0.4, 0.5) is 0 Å². The molecule has 1 saturated heterocycles. The van der Waals surface area contributed by atoms with Crippen LogP contribution in [0.3, 0.4) is 0 Å². The summed E-state index contributed by atoms with van der Waals surface area (Å²) in [5.74, 6) is 0.733. The first kappa shape index (κ1) is 18.5. The quantitative estimate of drug-likeness (QED) is 0.917. The van der Waals surface area contributed by atoms with Crippen molar-refractivity contribution in [2.45, 2.75) is 84.8 Å². The van der Waals surface area contributed by atoms with E-state index in [0.717, 1.165) is 50.6 Å². The summed E-state index contributed by atoms with van der Waals surface area (Å²) in [4.78, 5) is 0. The molecule has 4 heteroatoms. The highest BCUT2D eigenvalue weighted by molar-refractivity contribution is 5.37. The predicted molar refractivity (Wildman–Crippen MR) is 93.7 cm³/mol. The third kappa shape index (κ3) is 4.36. The lowest BCUT2D eigenvalue weighted by Crippen LogP contribution is -2.26. The van der Waals surface area contributed by atoms with Crippen molar-refractivity contribution < 1.29 is 9.84 Å². The summed E-state index contributed by atoms with van der Waals surface area (Å²) in [6, 6.07) is 0. The molecule has 1 N–H and O–H groups in total. The number of hydrogen-bond acceptors (Lipinski definition) is 3. The molecule has 0 amide bonds. The average molecular weight is 322 g/mol. The molecule has 0 spiro atoms.